The molecule has 1 atom stereocenters. The molecule has 1 fully saturated rings. The van der Waals surface area contributed by atoms with Crippen molar-refractivity contribution in [3.8, 4) is 11.4 Å². The van der Waals surface area contributed by atoms with Crippen molar-refractivity contribution in [3.63, 3.8) is 0 Å². The van der Waals surface area contributed by atoms with Crippen LogP contribution in [0, 0.1) is 17.7 Å². The van der Waals surface area contributed by atoms with Crippen molar-refractivity contribution < 1.29 is 9.18 Å². The van der Waals surface area contributed by atoms with Crippen LogP contribution in [0.3, 0.4) is 0 Å². The number of H-pyrrole nitrogens is 1. The Morgan fingerprint density at radius 1 is 1.37 bits per heavy atom. The average Bonchev–Trinajstić information content (AvgIpc) is 3.26. The van der Waals surface area contributed by atoms with Gasteiger partial charge in [0.15, 0.2) is 5.65 Å². The molecule has 0 saturated heterocycles. The van der Waals surface area contributed by atoms with E-state index in [1.807, 2.05) is 0 Å². The lowest BCUT2D eigenvalue weighted by molar-refractivity contribution is 0.0883. The van der Waals surface area contributed by atoms with Crippen molar-refractivity contribution in [2.24, 2.45) is 18.9 Å². The Morgan fingerprint density at radius 3 is 2.93 bits per heavy atom. The predicted octanol–water partition coefficient (Wildman–Crippen LogP) is 3.82. The Hall–Kier alpha value is -3.29. The van der Waals surface area contributed by atoms with Crippen molar-refractivity contribution in [2.75, 3.05) is 0 Å². The highest BCUT2D eigenvalue weighted by molar-refractivity contribution is 6.05. The van der Waals surface area contributed by atoms with Crippen LogP contribution in [-0.2, 0) is 7.05 Å². The standard InChI is InChI=1S/C22H23FN6O/c1-11-6-13(7-11)12(2)26-22(30)16-9-24-21-20(16)27-17(10-25-21)19-15-5-4-14(23)8-18(15)29(3)28-19/h4-5,8-13H,6-7H2,1-3H3,(H,24,25)(H,26,30). The zero-order chi connectivity index (χ0) is 21.0. The minimum atomic E-state index is -0.321. The van der Waals surface area contributed by atoms with E-state index in [0.29, 0.717) is 39.5 Å². The van der Waals surface area contributed by atoms with Gasteiger partial charge in [0, 0.05) is 24.7 Å². The van der Waals surface area contributed by atoms with Gasteiger partial charge in [0.05, 0.1) is 17.3 Å². The minimum absolute atomic E-state index is 0.115. The Kier molecular flexibility index (Phi) is 4.30. The maximum Gasteiger partial charge on any atom is 0.255 e. The van der Waals surface area contributed by atoms with Gasteiger partial charge in [0.25, 0.3) is 5.91 Å². The second-order valence-electron chi connectivity index (χ2n) is 8.39. The summed E-state index contributed by atoms with van der Waals surface area (Å²) in [5.41, 5.74) is 3.31. The molecule has 3 heterocycles. The van der Waals surface area contributed by atoms with E-state index in [2.05, 4.69) is 39.2 Å². The van der Waals surface area contributed by atoms with Crippen LogP contribution in [0.1, 0.15) is 37.0 Å². The van der Waals surface area contributed by atoms with Crippen LogP contribution in [0.4, 0.5) is 4.39 Å². The first-order valence-corrected chi connectivity index (χ1v) is 10.2. The lowest BCUT2D eigenvalue weighted by Gasteiger charge is -2.37. The summed E-state index contributed by atoms with van der Waals surface area (Å²) < 4.78 is 15.2. The number of hydrogen-bond acceptors (Lipinski definition) is 4. The zero-order valence-corrected chi connectivity index (χ0v) is 17.1. The molecule has 0 bridgehead atoms. The Labute approximate surface area is 172 Å². The molecule has 1 aliphatic carbocycles. The quantitative estimate of drug-likeness (QED) is 0.539. The van der Waals surface area contributed by atoms with Crippen molar-refractivity contribution in [1.29, 1.82) is 0 Å². The second-order valence-corrected chi connectivity index (χ2v) is 8.39. The first-order valence-electron chi connectivity index (χ1n) is 10.2. The van der Waals surface area contributed by atoms with Gasteiger partial charge in [-0.2, -0.15) is 5.10 Å². The van der Waals surface area contributed by atoms with Crippen LogP contribution in [0.5, 0.6) is 0 Å². The van der Waals surface area contributed by atoms with Gasteiger partial charge in [0.1, 0.15) is 22.7 Å². The molecular formula is C22H23FN6O. The number of halogens is 1. The summed E-state index contributed by atoms with van der Waals surface area (Å²) in [6.07, 6.45) is 5.55. The SMILES string of the molecule is CC1CC(C(C)NC(=O)c2c[nH]c3ncc(-c4nn(C)c5cc(F)ccc45)nc23)C1. The van der Waals surface area contributed by atoms with Gasteiger partial charge < -0.3 is 10.3 Å². The van der Waals surface area contributed by atoms with Gasteiger partial charge in [-0.05, 0) is 49.8 Å². The lowest BCUT2D eigenvalue weighted by atomic mass is 9.72. The average molecular weight is 406 g/mol. The van der Waals surface area contributed by atoms with Gasteiger partial charge >= 0.3 is 0 Å². The summed E-state index contributed by atoms with van der Waals surface area (Å²) in [4.78, 5) is 25.0. The highest BCUT2D eigenvalue weighted by Gasteiger charge is 2.31. The van der Waals surface area contributed by atoms with E-state index < -0.39 is 0 Å². The van der Waals surface area contributed by atoms with Crippen molar-refractivity contribution in [1.82, 2.24) is 30.0 Å². The Morgan fingerprint density at radius 2 is 2.17 bits per heavy atom. The number of rotatable bonds is 4. The van der Waals surface area contributed by atoms with Crippen LogP contribution in [0.2, 0.25) is 0 Å². The van der Waals surface area contributed by atoms with Gasteiger partial charge in [-0.25, -0.2) is 14.4 Å². The maximum atomic E-state index is 13.6. The fourth-order valence-electron chi connectivity index (χ4n) is 4.37. The zero-order valence-electron chi connectivity index (χ0n) is 17.1. The number of hydrogen-bond donors (Lipinski definition) is 2. The topological polar surface area (TPSA) is 88.5 Å². The van der Waals surface area contributed by atoms with Crippen molar-refractivity contribution in [3.05, 3.63) is 42.0 Å². The van der Waals surface area contributed by atoms with E-state index in [0.717, 1.165) is 24.1 Å². The van der Waals surface area contributed by atoms with Crippen LogP contribution >= 0.6 is 0 Å². The van der Waals surface area contributed by atoms with Crippen molar-refractivity contribution >= 4 is 28.0 Å². The highest BCUT2D eigenvalue weighted by Crippen LogP contribution is 2.35. The molecule has 1 aliphatic rings. The number of aromatic amines is 1. The van der Waals surface area contributed by atoms with Gasteiger partial charge in [-0.3, -0.25) is 9.48 Å². The van der Waals surface area contributed by atoms with Gasteiger partial charge in [-0.1, -0.05) is 6.92 Å². The first-order chi connectivity index (χ1) is 14.4. The number of carbonyl (C=O) groups is 1. The molecule has 1 aromatic carbocycles. The molecule has 1 saturated carbocycles. The molecule has 1 unspecified atom stereocenters. The third-order valence-corrected chi connectivity index (χ3v) is 6.16. The summed E-state index contributed by atoms with van der Waals surface area (Å²) >= 11 is 0. The number of aromatic nitrogens is 5. The molecule has 0 radical (unpaired) electrons. The Bertz CT molecular complexity index is 1270. The molecule has 8 heteroatoms. The largest absolute Gasteiger partial charge is 0.349 e. The summed E-state index contributed by atoms with van der Waals surface area (Å²) in [5.74, 6) is 0.777. The van der Waals surface area contributed by atoms with Crippen LogP contribution < -0.4 is 5.32 Å². The van der Waals surface area contributed by atoms with Crippen LogP contribution in [0.15, 0.2) is 30.6 Å². The fraction of sp³-hybridized carbons (Fsp3) is 0.364. The summed E-state index contributed by atoms with van der Waals surface area (Å²) in [6, 6.07) is 4.64. The van der Waals surface area contributed by atoms with E-state index in [-0.39, 0.29) is 17.8 Å². The molecule has 2 N–H and O–H groups in total. The molecule has 0 aliphatic heterocycles. The number of nitrogens with zero attached hydrogens (tertiary/aromatic N) is 4. The number of fused-ring (bicyclic) bond motifs is 2. The smallest absolute Gasteiger partial charge is 0.255 e. The summed E-state index contributed by atoms with van der Waals surface area (Å²) in [6.45, 7) is 4.29. The van der Waals surface area contributed by atoms with E-state index in [1.165, 1.54) is 12.1 Å². The molecule has 154 valence electrons. The first kappa shape index (κ1) is 18.7. The molecule has 0 spiro atoms. The number of aryl methyl sites for hydroxylation is 1. The van der Waals surface area contributed by atoms with E-state index in [4.69, 9.17) is 0 Å². The van der Waals surface area contributed by atoms with Crippen LogP contribution in [0.25, 0.3) is 33.5 Å². The van der Waals surface area contributed by atoms with Gasteiger partial charge in [-0.15, -0.1) is 0 Å². The monoisotopic (exact) mass is 406 g/mol. The van der Waals surface area contributed by atoms with E-state index in [9.17, 15) is 9.18 Å². The predicted molar refractivity (Wildman–Crippen MR) is 112 cm³/mol. The molecule has 30 heavy (non-hydrogen) atoms. The molecular weight excluding hydrogens is 383 g/mol. The number of carbonyl (C=O) groups excluding carboxylic acids is 1. The lowest BCUT2D eigenvalue weighted by Crippen LogP contribution is -2.43. The highest BCUT2D eigenvalue weighted by atomic mass is 19.1. The molecule has 1 amide bonds. The van der Waals surface area contributed by atoms with E-state index >= 15 is 0 Å². The Balaban J connectivity index is 1.50. The number of nitrogens with one attached hydrogen (secondary N) is 2. The third-order valence-electron chi connectivity index (χ3n) is 6.16. The fourth-order valence-corrected chi connectivity index (χ4v) is 4.37. The summed E-state index contributed by atoms with van der Waals surface area (Å²) in [5, 5.41) is 8.39. The molecule has 7 nitrogen and oxygen atoms in total. The number of benzene rings is 1. The summed E-state index contributed by atoms with van der Waals surface area (Å²) in [7, 11) is 1.76. The third kappa shape index (κ3) is 3.03. The normalized spacial score (nSPS) is 19.7. The van der Waals surface area contributed by atoms with Crippen molar-refractivity contribution in [2.45, 2.75) is 32.7 Å². The molecule has 3 aromatic heterocycles. The number of amides is 1. The van der Waals surface area contributed by atoms with Gasteiger partial charge in [0.2, 0.25) is 0 Å². The van der Waals surface area contributed by atoms with E-state index in [1.54, 1.807) is 30.2 Å². The maximum absolute atomic E-state index is 13.6. The minimum Gasteiger partial charge on any atom is -0.349 e. The second kappa shape index (κ2) is 6.90. The molecule has 4 aromatic rings. The molecule has 5 rings (SSSR count). The van der Waals surface area contributed by atoms with Crippen LogP contribution in [-0.4, -0.2) is 36.7 Å².